The van der Waals surface area contributed by atoms with Crippen molar-refractivity contribution in [1.29, 1.82) is 0 Å². The summed E-state index contributed by atoms with van der Waals surface area (Å²) in [7, 11) is 0. The first-order valence-corrected chi connectivity index (χ1v) is 7.39. The SMILES string of the molecule is Cc1nc2cc(NC(C)Cc3ccco3)c(N)cc2s1. The van der Waals surface area contributed by atoms with Crippen molar-refractivity contribution >= 4 is 32.9 Å². The number of aryl methyl sites for hydroxylation is 1. The predicted octanol–water partition coefficient (Wildman–Crippen LogP) is 3.82. The van der Waals surface area contributed by atoms with Crippen molar-refractivity contribution in [2.45, 2.75) is 26.3 Å². The summed E-state index contributed by atoms with van der Waals surface area (Å²) in [6.45, 7) is 4.12. The van der Waals surface area contributed by atoms with Crippen LogP contribution in [0.5, 0.6) is 0 Å². The Morgan fingerprint density at radius 2 is 2.30 bits per heavy atom. The van der Waals surface area contributed by atoms with Crippen LogP contribution in [0.15, 0.2) is 34.9 Å². The second-order valence-corrected chi connectivity index (χ2v) is 6.20. The number of furan rings is 1. The van der Waals surface area contributed by atoms with E-state index in [4.69, 9.17) is 10.2 Å². The molecule has 0 aliphatic heterocycles. The lowest BCUT2D eigenvalue weighted by atomic mass is 10.1. The lowest BCUT2D eigenvalue weighted by Gasteiger charge is -2.15. The van der Waals surface area contributed by atoms with Crippen molar-refractivity contribution < 1.29 is 4.42 Å². The first-order valence-electron chi connectivity index (χ1n) is 6.57. The molecule has 0 aliphatic rings. The van der Waals surface area contributed by atoms with Crippen LogP contribution in [0.1, 0.15) is 17.7 Å². The fourth-order valence-electron chi connectivity index (χ4n) is 2.28. The van der Waals surface area contributed by atoms with E-state index in [0.29, 0.717) is 0 Å². The van der Waals surface area contributed by atoms with Crippen LogP contribution < -0.4 is 11.1 Å². The molecular weight excluding hydrogens is 270 g/mol. The monoisotopic (exact) mass is 287 g/mol. The molecule has 4 nitrogen and oxygen atoms in total. The number of rotatable bonds is 4. The highest BCUT2D eigenvalue weighted by molar-refractivity contribution is 7.18. The molecule has 0 aliphatic carbocycles. The van der Waals surface area contributed by atoms with Gasteiger partial charge in [-0.05, 0) is 38.1 Å². The molecule has 1 atom stereocenters. The molecule has 3 rings (SSSR count). The summed E-state index contributed by atoms with van der Waals surface area (Å²) < 4.78 is 6.49. The molecule has 3 aromatic rings. The number of nitrogens with zero attached hydrogens (tertiary/aromatic N) is 1. The third-order valence-electron chi connectivity index (χ3n) is 3.16. The Morgan fingerprint density at radius 3 is 3.05 bits per heavy atom. The number of anilines is 2. The summed E-state index contributed by atoms with van der Waals surface area (Å²) in [5, 5.41) is 4.49. The zero-order valence-electron chi connectivity index (χ0n) is 11.5. The van der Waals surface area contributed by atoms with Crippen molar-refractivity contribution in [3.8, 4) is 0 Å². The molecule has 2 heterocycles. The number of benzene rings is 1. The molecule has 0 radical (unpaired) electrons. The highest BCUT2D eigenvalue weighted by Crippen LogP contribution is 2.30. The zero-order valence-corrected chi connectivity index (χ0v) is 12.3. The van der Waals surface area contributed by atoms with E-state index in [9.17, 15) is 0 Å². The Balaban J connectivity index is 1.80. The number of fused-ring (bicyclic) bond motifs is 1. The number of nitrogen functional groups attached to an aromatic ring is 1. The summed E-state index contributed by atoms with van der Waals surface area (Å²) in [5.41, 5.74) is 8.79. The lowest BCUT2D eigenvalue weighted by Crippen LogP contribution is -2.18. The summed E-state index contributed by atoms with van der Waals surface area (Å²) in [6, 6.07) is 8.13. The molecule has 3 N–H and O–H groups in total. The van der Waals surface area contributed by atoms with Gasteiger partial charge in [-0.3, -0.25) is 0 Å². The first kappa shape index (κ1) is 13.0. The molecule has 2 aromatic heterocycles. The summed E-state index contributed by atoms with van der Waals surface area (Å²) in [4.78, 5) is 4.50. The molecule has 1 unspecified atom stereocenters. The summed E-state index contributed by atoms with van der Waals surface area (Å²) in [6.07, 6.45) is 2.51. The van der Waals surface area contributed by atoms with E-state index in [-0.39, 0.29) is 6.04 Å². The normalized spacial score (nSPS) is 12.7. The molecule has 0 bridgehead atoms. The largest absolute Gasteiger partial charge is 0.469 e. The third-order valence-corrected chi connectivity index (χ3v) is 4.09. The Labute approximate surface area is 121 Å². The predicted molar refractivity (Wildman–Crippen MR) is 84.3 cm³/mol. The Kier molecular flexibility index (Phi) is 3.36. The van der Waals surface area contributed by atoms with Crippen LogP contribution >= 0.6 is 11.3 Å². The molecule has 0 fully saturated rings. The van der Waals surface area contributed by atoms with Gasteiger partial charge in [0, 0.05) is 12.5 Å². The van der Waals surface area contributed by atoms with Crippen LogP contribution in [0.2, 0.25) is 0 Å². The number of hydrogen-bond acceptors (Lipinski definition) is 5. The van der Waals surface area contributed by atoms with Gasteiger partial charge in [0.15, 0.2) is 0 Å². The van der Waals surface area contributed by atoms with E-state index in [1.807, 2.05) is 31.2 Å². The van der Waals surface area contributed by atoms with E-state index in [1.54, 1.807) is 17.6 Å². The number of hydrogen-bond donors (Lipinski definition) is 2. The molecule has 104 valence electrons. The number of nitrogens with one attached hydrogen (secondary N) is 1. The minimum absolute atomic E-state index is 0.237. The lowest BCUT2D eigenvalue weighted by molar-refractivity contribution is 0.498. The van der Waals surface area contributed by atoms with Gasteiger partial charge >= 0.3 is 0 Å². The van der Waals surface area contributed by atoms with Crippen molar-refractivity contribution in [2.75, 3.05) is 11.1 Å². The van der Waals surface area contributed by atoms with Gasteiger partial charge in [0.05, 0.1) is 32.9 Å². The summed E-state index contributed by atoms with van der Waals surface area (Å²) in [5.74, 6) is 0.967. The number of nitrogens with two attached hydrogens (primary N) is 1. The fourth-order valence-corrected chi connectivity index (χ4v) is 3.13. The highest BCUT2D eigenvalue weighted by atomic mass is 32.1. The number of aromatic nitrogens is 1. The zero-order chi connectivity index (χ0) is 14.1. The van der Waals surface area contributed by atoms with E-state index < -0.39 is 0 Å². The number of thiazole rings is 1. The fraction of sp³-hybridized carbons (Fsp3) is 0.267. The van der Waals surface area contributed by atoms with Gasteiger partial charge in [0.1, 0.15) is 5.76 Å². The third kappa shape index (κ3) is 2.63. The van der Waals surface area contributed by atoms with Crippen molar-refractivity contribution in [3.63, 3.8) is 0 Å². The molecule has 0 amide bonds. The second kappa shape index (κ2) is 5.17. The quantitative estimate of drug-likeness (QED) is 0.716. The van der Waals surface area contributed by atoms with Crippen molar-refractivity contribution in [1.82, 2.24) is 4.98 Å². The molecular formula is C15H17N3OS. The van der Waals surface area contributed by atoms with E-state index in [0.717, 1.165) is 38.8 Å². The van der Waals surface area contributed by atoms with Gasteiger partial charge in [-0.25, -0.2) is 4.98 Å². The Hall–Kier alpha value is -2.01. The Bertz CT molecular complexity index is 718. The topological polar surface area (TPSA) is 64.1 Å². The van der Waals surface area contributed by atoms with Crippen LogP contribution in [0, 0.1) is 6.92 Å². The van der Waals surface area contributed by atoms with Gasteiger partial charge < -0.3 is 15.5 Å². The Morgan fingerprint density at radius 1 is 1.45 bits per heavy atom. The maximum Gasteiger partial charge on any atom is 0.105 e. The van der Waals surface area contributed by atoms with Gasteiger partial charge in [-0.2, -0.15) is 0 Å². The molecule has 20 heavy (non-hydrogen) atoms. The minimum atomic E-state index is 0.237. The molecule has 0 saturated heterocycles. The van der Waals surface area contributed by atoms with E-state index in [1.165, 1.54) is 0 Å². The van der Waals surface area contributed by atoms with Gasteiger partial charge in [-0.1, -0.05) is 0 Å². The van der Waals surface area contributed by atoms with Gasteiger partial charge in [0.25, 0.3) is 0 Å². The minimum Gasteiger partial charge on any atom is -0.469 e. The first-order chi connectivity index (χ1) is 9.61. The molecule has 0 saturated carbocycles. The highest BCUT2D eigenvalue weighted by Gasteiger charge is 2.10. The van der Waals surface area contributed by atoms with Crippen molar-refractivity contribution in [2.24, 2.45) is 0 Å². The molecule has 0 spiro atoms. The van der Waals surface area contributed by atoms with Crippen LogP contribution in [0.3, 0.4) is 0 Å². The van der Waals surface area contributed by atoms with E-state index >= 15 is 0 Å². The van der Waals surface area contributed by atoms with E-state index in [2.05, 4.69) is 17.2 Å². The smallest absolute Gasteiger partial charge is 0.105 e. The maximum absolute atomic E-state index is 6.11. The van der Waals surface area contributed by atoms with Gasteiger partial charge in [-0.15, -0.1) is 11.3 Å². The van der Waals surface area contributed by atoms with Crippen LogP contribution in [-0.2, 0) is 6.42 Å². The van der Waals surface area contributed by atoms with Gasteiger partial charge in [0.2, 0.25) is 0 Å². The van der Waals surface area contributed by atoms with Crippen LogP contribution in [0.4, 0.5) is 11.4 Å². The standard InChI is InChI=1S/C15H17N3OS/c1-9(6-11-4-3-5-19-11)17-13-8-14-15(7-12(13)16)20-10(2)18-14/h3-5,7-9,17H,6,16H2,1-2H3. The molecule has 1 aromatic carbocycles. The average molecular weight is 287 g/mol. The van der Waals surface area contributed by atoms with Crippen molar-refractivity contribution in [3.05, 3.63) is 41.3 Å². The molecule has 5 heteroatoms. The van der Waals surface area contributed by atoms with Crippen LogP contribution in [0.25, 0.3) is 10.2 Å². The van der Waals surface area contributed by atoms with Crippen LogP contribution in [-0.4, -0.2) is 11.0 Å². The average Bonchev–Trinajstić information content (AvgIpc) is 2.98. The summed E-state index contributed by atoms with van der Waals surface area (Å²) >= 11 is 1.66. The second-order valence-electron chi connectivity index (χ2n) is 4.97. The maximum atomic E-state index is 6.11.